The number of imidazole rings is 1. The van der Waals surface area contributed by atoms with Gasteiger partial charge in [0.2, 0.25) is 5.91 Å². The van der Waals surface area contributed by atoms with Gasteiger partial charge in [-0.2, -0.15) is 0 Å². The van der Waals surface area contributed by atoms with E-state index in [0.717, 1.165) is 27.5 Å². The van der Waals surface area contributed by atoms with Crippen molar-refractivity contribution in [3.63, 3.8) is 0 Å². The summed E-state index contributed by atoms with van der Waals surface area (Å²) in [6, 6.07) is 16.2. The minimum absolute atomic E-state index is 0.0259. The number of amides is 1. The lowest BCUT2D eigenvalue weighted by Crippen LogP contribution is -2.23. The number of carbonyl (C=O) groups is 1. The minimum Gasteiger partial charge on any atom is -0.352 e. The molecule has 0 aliphatic rings. The van der Waals surface area contributed by atoms with Crippen LogP contribution in [0.25, 0.3) is 16.2 Å². The Morgan fingerprint density at radius 1 is 1.11 bits per heavy atom. The molecule has 6 heteroatoms. The van der Waals surface area contributed by atoms with Crippen molar-refractivity contribution in [3.8, 4) is 11.3 Å². The van der Waals surface area contributed by atoms with Gasteiger partial charge in [0.05, 0.1) is 5.69 Å². The first-order chi connectivity index (χ1) is 13.2. The van der Waals surface area contributed by atoms with E-state index in [-0.39, 0.29) is 11.7 Å². The Morgan fingerprint density at radius 3 is 2.67 bits per heavy atom. The Morgan fingerprint density at radius 2 is 1.89 bits per heavy atom. The van der Waals surface area contributed by atoms with E-state index in [0.29, 0.717) is 19.4 Å². The summed E-state index contributed by atoms with van der Waals surface area (Å²) >= 11 is 1.58. The van der Waals surface area contributed by atoms with Gasteiger partial charge in [-0.1, -0.05) is 42.5 Å². The zero-order valence-corrected chi connectivity index (χ0v) is 15.4. The van der Waals surface area contributed by atoms with Gasteiger partial charge < -0.3 is 5.32 Å². The van der Waals surface area contributed by atoms with Crippen molar-refractivity contribution in [2.45, 2.75) is 19.4 Å². The molecule has 2 heterocycles. The second kappa shape index (κ2) is 7.72. The van der Waals surface area contributed by atoms with Crippen LogP contribution in [0.2, 0.25) is 0 Å². The molecule has 0 radical (unpaired) electrons. The summed E-state index contributed by atoms with van der Waals surface area (Å²) in [6.45, 7) is 0.404. The lowest BCUT2D eigenvalue weighted by molar-refractivity contribution is -0.121. The fraction of sp³-hybridized carbons (Fsp3) is 0.143. The predicted octanol–water partition coefficient (Wildman–Crippen LogP) is 4.45. The van der Waals surface area contributed by atoms with Crippen LogP contribution < -0.4 is 5.32 Å². The Balaban J connectivity index is 1.38. The van der Waals surface area contributed by atoms with Gasteiger partial charge in [0, 0.05) is 35.8 Å². The van der Waals surface area contributed by atoms with Crippen LogP contribution in [0.5, 0.6) is 0 Å². The molecule has 0 saturated heterocycles. The van der Waals surface area contributed by atoms with Crippen molar-refractivity contribution in [1.29, 1.82) is 0 Å². The predicted molar refractivity (Wildman–Crippen MR) is 105 cm³/mol. The van der Waals surface area contributed by atoms with Crippen LogP contribution in [0, 0.1) is 5.82 Å². The van der Waals surface area contributed by atoms with E-state index in [9.17, 15) is 9.18 Å². The van der Waals surface area contributed by atoms with Gasteiger partial charge in [-0.25, -0.2) is 9.37 Å². The molecule has 2 aromatic heterocycles. The largest absolute Gasteiger partial charge is 0.352 e. The van der Waals surface area contributed by atoms with Crippen LogP contribution in [0.1, 0.15) is 17.7 Å². The monoisotopic (exact) mass is 379 g/mol. The standard InChI is InChI=1S/C21H18FN3OS/c22-17-8-6-15(7-9-17)12-23-20(26)11-10-18-14-27-21-24-19(13-25(18)21)16-4-2-1-3-5-16/h1-9,13-14H,10-12H2,(H,23,26). The summed E-state index contributed by atoms with van der Waals surface area (Å²) in [5, 5.41) is 4.92. The second-order valence-electron chi connectivity index (χ2n) is 6.27. The number of hydrogen-bond donors (Lipinski definition) is 1. The number of aryl methyl sites for hydroxylation is 1. The summed E-state index contributed by atoms with van der Waals surface area (Å²) in [4.78, 5) is 17.7. The quantitative estimate of drug-likeness (QED) is 0.538. The molecule has 4 rings (SSSR count). The first-order valence-electron chi connectivity index (χ1n) is 8.71. The highest BCUT2D eigenvalue weighted by Gasteiger charge is 2.11. The van der Waals surface area contributed by atoms with Gasteiger partial charge in [-0.15, -0.1) is 11.3 Å². The van der Waals surface area contributed by atoms with Crippen LogP contribution in [0.3, 0.4) is 0 Å². The molecular formula is C21H18FN3OS. The number of nitrogens with zero attached hydrogens (tertiary/aromatic N) is 2. The molecule has 0 bridgehead atoms. The maximum Gasteiger partial charge on any atom is 0.220 e. The number of nitrogens with one attached hydrogen (secondary N) is 1. The summed E-state index contributed by atoms with van der Waals surface area (Å²) < 4.78 is 15.0. The van der Waals surface area contributed by atoms with E-state index in [1.165, 1.54) is 12.1 Å². The van der Waals surface area contributed by atoms with Crippen molar-refractivity contribution < 1.29 is 9.18 Å². The van der Waals surface area contributed by atoms with Crippen LogP contribution in [0.4, 0.5) is 4.39 Å². The van der Waals surface area contributed by atoms with E-state index < -0.39 is 0 Å². The molecule has 0 unspecified atom stereocenters. The molecule has 4 nitrogen and oxygen atoms in total. The molecule has 136 valence electrons. The molecule has 1 amide bonds. The topological polar surface area (TPSA) is 46.4 Å². The van der Waals surface area contributed by atoms with Crippen molar-refractivity contribution in [2.24, 2.45) is 0 Å². The van der Waals surface area contributed by atoms with Gasteiger partial charge in [0.1, 0.15) is 5.82 Å². The van der Waals surface area contributed by atoms with Crippen molar-refractivity contribution in [3.05, 3.63) is 83.2 Å². The van der Waals surface area contributed by atoms with Crippen LogP contribution in [0.15, 0.2) is 66.2 Å². The van der Waals surface area contributed by atoms with Crippen molar-refractivity contribution in [1.82, 2.24) is 14.7 Å². The zero-order chi connectivity index (χ0) is 18.6. The van der Waals surface area contributed by atoms with E-state index in [1.807, 2.05) is 41.9 Å². The van der Waals surface area contributed by atoms with E-state index in [4.69, 9.17) is 0 Å². The summed E-state index contributed by atoms with van der Waals surface area (Å²) in [5.74, 6) is -0.302. The lowest BCUT2D eigenvalue weighted by Gasteiger charge is -2.05. The maximum absolute atomic E-state index is 12.9. The van der Waals surface area contributed by atoms with Crippen LogP contribution in [-0.2, 0) is 17.8 Å². The third kappa shape index (κ3) is 4.06. The Labute approximate surface area is 160 Å². The first-order valence-corrected chi connectivity index (χ1v) is 9.59. The smallest absolute Gasteiger partial charge is 0.220 e. The molecular weight excluding hydrogens is 361 g/mol. The third-order valence-electron chi connectivity index (χ3n) is 4.36. The molecule has 0 aliphatic heterocycles. The van der Waals surface area contributed by atoms with Gasteiger partial charge in [-0.3, -0.25) is 9.20 Å². The van der Waals surface area contributed by atoms with Crippen molar-refractivity contribution in [2.75, 3.05) is 0 Å². The molecule has 2 aromatic carbocycles. The molecule has 1 N–H and O–H groups in total. The Hall–Kier alpha value is -2.99. The fourth-order valence-electron chi connectivity index (χ4n) is 2.89. The number of hydrogen-bond acceptors (Lipinski definition) is 3. The average molecular weight is 379 g/mol. The summed E-state index contributed by atoms with van der Waals surface area (Å²) in [5.41, 5.74) is 3.97. The van der Waals surface area contributed by atoms with Crippen molar-refractivity contribution >= 4 is 22.2 Å². The number of thiazole rings is 1. The molecule has 0 aliphatic carbocycles. The summed E-state index contributed by atoms with van der Waals surface area (Å²) in [7, 11) is 0. The second-order valence-corrected chi connectivity index (χ2v) is 7.11. The SMILES string of the molecule is O=C(CCc1csc2nc(-c3ccccc3)cn12)NCc1ccc(F)cc1. The number of benzene rings is 2. The molecule has 27 heavy (non-hydrogen) atoms. The number of aromatic nitrogens is 2. The van der Waals surface area contributed by atoms with Gasteiger partial charge in [0.15, 0.2) is 4.96 Å². The van der Waals surface area contributed by atoms with Crippen LogP contribution >= 0.6 is 11.3 Å². The molecule has 0 atom stereocenters. The minimum atomic E-state index is -0.276. The highest BCUT2D eigenvalue weighted by Crippen LogP contribution is 2.24. The first kappa shape index (κ1) is 17.4. The summed E-state index contributed by atoms with van der Waals surface area (Å²) in [6.07, 6.45) is 3.05. The Bertz CT molecular complexity index is 1050. The van der Waals surface area contributed by atoms with Gasteiger partial charge >= 0.3 is 0 Å². The lowest BCUT2D eigenvalue weighted by atomic mass is 10.2. The molecule has 0 saturated carbocycles. The van der Waals surface area contributed by atoms with E-state index >= 15 is 0 Å². The van der Waals surface area contributed by atoms with E-state index in [2.05, 4.69) is 14.7 Å². The molecule has 0 fully saturated rings. The zero-order valence-electron chi connectivity index (χ0n) is 14.6. The number of rotatable bonds is 6. The highest BCUT2D eigenvalue weighted by atomic mass is 32.1. The highest BCUT2D eigenvalue weighted by molar-refractivity contribution is 7.15. The third-order valence-corrected chi connectivity index (χ3v) is 5.25. The molecule has 4 aromatic rings. The maximum atomic E-state index is 12.9. The fourth-order valence-corrected chi connectivity index (χ4v) is 3.80. The Kier molecular flexibility index (Phi) is 4.98. The van der Waals surface area contributed by atoms with E-state index in [1.54, 1.807) is 23.5 Å². The normalized spacial score (nSPS) is 11.0. The van der Waals surface area contributed by atoms with Gasteiger partial charge in [-0.05, 0) is 24.1 Å². The number of carbonyl (C=O) groups excluding carboxylic acids is 1. The number of halogens is 1. The van der Waals surface area contributed by atoms with Crippen LogP contribution in [-0.4, -0.2) is 15.3 Å². The van der Waals surface area contributed by atoms with Gasteiger partial charge in [0.25, 0.3) is 0 Å². The number of fused-ring (bicyclic) bond motifs is 1. The average Bonchev–Trinajstić information content (AvgIpc) is 3.28. The molecule has 0 spiro atoms.